The summed E-state index contributed by atoms with van der Waals surface area (Å²) in [6.07, 6.45) is 0. The molecule has 0 heterocycles. The van der Waals surface area contributed by atoms with Gasteiger partial charge in [0, 0.05) is 12.6 Å². The molecule has 0 aliphatic rings. The maximum Gasteiger partial charge on any atom is 0.254 e. The smallest absolute Gasteiger partial charge is 0.254 e. The fourth-order valence-corrected chi connectivity index (χ4v) is 2.60. The number of nitrogens with one attached hydrogen (secondary N) is 1. The summed E-state index contributed by atoms with van der Waals surface area (Å²) in [5.74, 6) is -1.62. The van der Waals surface area contributed by atoms with Gasteiger partial charge in [0.2, 0.25) is 5.91 Å². The van der Waals surface area contributed by atoms with Gasteiger partial charge >= 0.3 is 0 Å². The van der Waals surface area contributed by atoms with Gasteiger partial charge in [-0.3, -0.25) is 9.59 Å². The number of halogens is 3. The van der Waals surface area contributed by atoms with Crippen molar-refractivity contribution in [3.63, 3.8) is 0 Å². The zero-order valence-corrected chi connectivity index (χ0v) is 15.0. The van der Waals surface area contributed by atoms with Crippen LogP contribution in [0.1, 0.15) is 10.4 Å². The predicted molar refractivity (Wildman–Crippen MR) is 95.0 cm³/mol. The highest BCUT2D eigenvalue weighted by molar-refractivity contribution is 6.39. The standard InChI is InChI=1S/C17H15Cl2FN2O3/c1-22(17(24)10-6-7-14(25-2)13(20)8-10)9-15(23)21-16-11(18)4-3-5-12(16)19/h3-8H,9H2,1-2H3,(H,21,23). The number of ether oxygens (including phenoxy) is 1. The van der Waals surface area contributed by atoms with Crippen molar-refractivity contribution in [1.82, 2.24) is 4.90 Å². The number of likely N-dealkylation sites (N-methyl/N-ethyl adjacent to an activating group) is 1. The molecule has 25 heavy (non-hydrogen) atoms. The Morgan fingerprint density at radius 1 is 1.20 bits per heavy atom. The van der Waals surface area contributed by atoms with Crippen LogP contribution in [0.2, 0.25) is 10.0 Å². The second kappa shape index (κ2) is 8.18. The van der Waals surface area contributed by atoms with Crippen molar-refractivity contribution in [2.24, 2.45) is 0 Å². The highest BCUT2D eigenvalue weighted by Gasteiger charge is 2.18. The Kier molecular flexibility index (Phi) is 6.22. The molecule has 132 valence electrons. The van der Waals surface area contributed by atoms with E-state index in [0.717, 1.165) is 11.0 Å². The molecule has 5 nitrogen and oxygen atoms in total. The first-order valence-electron chi connectivity index (χ1n) is 7.16. The molecule has 0 saturated heterocycles. The largest absolute Gasteiger partial charge is 0.494 e. The van der Waals surface area contributed by atoms with Gasteiger partial charge in [-0.15, -0.1) is 0 Å². The Balaban J connectivity index is 2.05. The number of anilines is 1. The van der Waals surface area contributed by atoms with Gasteiger partial charge in [0.15, 0.2) is 11.6 Å². The quantitative estimate of drug-likeness (QED) is 0.851. The van der Waals surface area contributed by atoms with Crippen LogP contribution in [0.3, 0.4) is 0 Å². The Morgan fingerprint density at radius 3 is 2.40 bits per heavy atom. The van der Waals surface area contributed by atoms with Crippen molar-refractivity contribution < 1.29 is 18.7 Å². The summed E-state index contributed by atoms with van der Waals surface area (Å²) >= 11 is 12.0. The van der Waals surface area contributed by atoms with Gasteiger partial charge in [0.1, 0.15) is 0 Å². The number of carbonyl (C=O) groups is 2. The lowest BCUT2D eigenvalue weighted by atomic mass is 10.2. The second-order valence-electron chi connectivity index (χ2n) is 5.16. The summed E-state index contributed by atoms with van der Waals surface area (Å²) in [6.45, 7) is -0.256. The van der Waals surface area contributed by atoms with Crippen LogP contribution in [0.5, 0.6) is 5.75 Å². The van der Waals surface area contributed by atoms with E-state index in [1.807, 2.05) is 0 Å². The van der Waals surface area contributed by atoms with Crippen molar-refractivity contribution in [2.75, 3.05) is 26.0 Å². The van der Waals surface area contributed by atoms with E-state index >= 15 is 0 Å². The van der Waals surface area contributed by atoms with E-state index in [1.54, 1.807) is 18.2 Å². The zero-order chi connectivity index (χ0) is 18.6. The third kappa shape index (κ3) is 4.61. The average Bonchev–Trinajstić information content (AvgIpc) is 2.57. The van der Waals surface area contributed by atoms with E-state index in [2.05, 4.69) is 5.32 Å². The SMILES string of the molecule is COc1ccc(C(=O)N(C)CC(=O)Nc2c(Cl)cccc2Cl)cc1F. The van der Waals surface area contributed by atoms with Crippen molar-refractivity contribution in [1.29, 1.82) is 0 Å². The van der Waals surface area contributed by atoms with Gasteiger partial charge in [-0.1, -0.05) is 29.3 Å². The maximum atomic E-state index is 13.7. The molecule has 0 aromatic heterocycles. The molecule has 0 aliphatic carbocycles. The summed E-state index contributed by atoms with van der Waals surface area (Å²) in [6, 6.07) is 8.63. The van der Waals surface area contributed by atoms with E-state index in [-0.39, 0.29) is 33.6 Å². The van der Waals surface area contributed by atoms with Crippen LogP contribution in [0.15, 0.2) is 36.4 Å². The first kappa shape index (κ1) is 19.0. The van der Waals surface area contributed by atoms with E-state index in [0.29, 0.717) is 0 Å². The minimum atomic E-state index is -0.658. The van der Waals surface area contributed by atoms with Crippen molar-refractivity contribution in [2.45, 2.75) is 0 Å². The fourth-order valence-electron chi connectivity index (χ4n) is 2.10. The first-order valence-corrected chi connectivity index (χ1v) is 7.92. The first-order chi connectivity index (χ1) is 11.8. The number of rotatable bonds is 5. The lowest BCUT2D eigenvalue weighted by Gasteiger charge is -2.18. The molecule has 8 heteroatoms. The summed E-state index contributed by atoms with van der Waals surface area (Å²) < 4.78 is 18.5. The van der Waals surface area contributed by atoms with Crippen LogP contribution in [-0.2, 0) is 4.79 Å². The number of carbonyl (C=O) groups excluding carboxylic acids is 2. The van der Waals surface area contributed by atoms with Crippen LogP contribution in [0.4, 0.5) is 10.1 Å². The Hall–Kier alpha value is -2.31. The predicted octanol–water partition coefficient (Wildman–Crippen LogP) is 3.85. The third-order valence-electron chi connectivity index (χ3n) is 3.35. The van der Waals surface area contributed by atoms with Crippen LogP contribution in [0, 0.1) is 5.82 Å². The normalized spacial score (nSPS) is 10.3. The second-order valence-corrected chi connectivity index (χ2v) is 5.97. The fraction of sp³-hybridized carbons (Fsp3) is 0.176. The lowest BCUT2D eigenvalue weighted by molar-refractivity contribution is -0.116. The molecule has 0 saturated carbocycles. The van der Waals surface area contributed by atoms with Gasteiger partial charge in [-0.2, -0.15) is 0 Å². The van der Waals surface area contributed by atoms with Gasteiger partial charge < -0.3 is 15.0 Å². The number of hydrogen-bond acceptors (Lipinski definition) is 3. The lowest BCUT2D eigenvalue weighted by Crippen LogP contribution is -2.35. The Bertz CT molecular complexity index is 794. The molecule has 0 unspecified atom stereocenters. The molecule has 0 atom stereocenters. The van der Waals surface area contributed by atoms with Gasteiger partial charge in [0.25, 0.3) is 5.91 Å². The molecular weight excluding hydrogens is 370 g/mol. The van der Waals surface area contributed by atoms with Crippen LogP contribution >= 0.6 is 23.2 Å². The number of nitrogens with zero attached hydrogens (tertiary/aromatic N) is 1. The Labute approximate surface area is 154 Å². The molecular formula is C17H15Cl2FN2O3. The Morgan fingerprint density at radius 2 is 1.84 bits per heavy atom. The maximum absolute atomic E-state index is 13.7. The van der Waals surface area contributed by atoms with Crippen LogP contribution < -0.4 is 10.1 Å². The summed E-state index contributed by atoms with van der Waals surface area (Å²) in [4.78, 5) is 25.6. The minimum absolute atomic E-state index is 0.0327. The van der Waals surface area contributed by atoms with E-state index in [4.69, 9.17) is 27.9 Å². The van der Waals surface area contributed by atoms with Gasteiger partial charge in [0.05, 0.1) is 29.4 Å². The van der Waals surface area contributed by atoms with E-state index < -0.39 is 17.6 Å². The molecule has 2 amide bonds. The van der Waals surface area contributed by atoms with Crippen molar-refractivity contribution in [3.8, 4) is 5.75 Å². The molecule has 0 bridgehead atoms. The monoisotopic (exact) mass is 384 g/mol. The average molecular weight is 385 g/mol. The molecule has 0 aliphatic heterocycles. The molecule has 0 radical (unpaired) electrons. The highest BCUT2D eigenvalue weighted by Crippen LogP contribution is 2.29. The van der Waals surface area contributed by atoms with E-state index in [1.165, 1.54) is 26.3 Å². The topological polar surface area (TPSA) is 58.6 Å². The highest BCUT2D eigenvalue weighted by atomic mass is 35.5. The van der Waals surface area contributed by atoms with Crippen molar-refractivity contribution >= 4 is 40.7 Å². The minimum Gasteiger partial charge on any atom is -0.494 e. The molecule has 0 fully saturated rings. The number of hydrogen-bond donors (Lipinski definition) is 1. The summed E-state index contributed by atoms with van der Waals surface area (Å²) in [7, 11) is 2.76. The number of amides is 2. The zero-order valence-electron chi connectivity index (χ0n) is 13.5. The molecule has 2 rings (SSSR count). The third-order valence-corrected chi connectivity index (χ3v) is 3.98. The summed E-state index contributed by atoms with van der Waals surface area (Å²) in [5, 5.41) is 3.12. The van der Waals surface area contributed by atoms with Gasteiger partial charge in [-0.25, -0.2) is 4.39 Å². The molecule has 1 N–H and O–H groups in total. The summed E-state index contributed by atoms with van der Waals surface area (Å²) in [5.41, 5.74) is 0.372. The van der Waals surface area contributed by atoms with Crippen LogP contribution in [-0.4, -0.2) is 37.4 Å². The van der Waals surface area contributed by atoms with Gasteiger partial charge in [-0.05, 0) is 30.3 Å². The number of benzene rings is 2. The molecule has 2 aromatic carbocycles. The molecule has 2 aromatic rings. The van der Waals surface area contributed by atoms with Crippen LogP contribution in [0.25, 0.3) is 0 Å². The molecule has 0 spiro atoms. The number of para-hydroxylation sites is 1. The van der Waals surface area contributed by atoms with Crippen molar-refractivity contribution in [3.05, 3.63) is 57.8 Å². The van der Waals surface area contributed by atoms with E-state index in [9.17, 15) is 14.0 Å². The number of methoxy groups -OCH3 is 1.